The van der Waals surface area contributed by atoms with Gasteiger partial charge in [0.05, 0.1) is 10.6 Å². The van der Waals surface area contributed by atoms with E-state index in [1.165, 1.54) is 0 Å². The van der Waals surface area contributed by atoms with Gasteiger partial charge in [0.2, 0.25) is 0 Å². The molecule has 0 saturated heterocycles. The molecule has 0 unspecified atom stereocenters. The first-order chi connectivity index (χ1) is 9.66. The van der Waals surface area contributed by atoms with Crippen molar-refractivity contribution in [3.8, 4) is 22.0 Å². The first kappa shape index (κ1) is 13.7. The number of halogens is 2. The minimum Gasteiger partial charge on any atom is -0.227 e. The van der Waals surface area contributed by atoms with Crippen molar-refractivity contribution in [2.24, 2.45) is 0 Å². The molecule has 0 amide bonds. The maximum absolute atomic E-state index is 6.28. The van der Waals surface area contributed by atoms with Crippen LogP contribution in [0.5, 0.6) is 0 Å². The molecule has 0 aliphatic heterocycles. The van der Waals surface area contributed by atoms with Crippen LogP contribution in [0, 0.1) is 6.92 Å². The monoisotopic (exact) mass is 364 g/mol. The van der Waals surface area contributed by atoms with Crippen molar-refractivity contribution < 1.29 is 0 Å². The predicted octanol–water partition coefficient (Wildman–Crippen LogP) is 5.60. The molecule has 0 bridgehead atoms. The van der Waals surface area contributed by atoms with Crippen molar-refractivity contribution >= 4 is 38.9 Å². The fourth-order valence-electron chi connectivity index (χ4n) is 1.92. The molecule has 3 aromatic rings. The summed E-state index contributed by atoms with van der Waals surface area (Å²) in [6.07, 6.45) is 0. The van der Waals surface area contributed by atoms with Crippen molar-refractivity contribution in [1.29, 1.82) is 0 Å². The van der Waals surface area contributed by atoms with Crippen LogP contribution >= 0.6 is 38.9 Å². The van der Waals surface area contributed by atoms with E-state index in [0.717, 1.165) is 26.2 Å². The van der Waals surface area contributed by atoms with Gasteiger partial charge in [0.1, 0.15) is 5.15 Å². The molecule has 0 spiro atoms. The summed E-state index contributed by atoms with van der Waals surface area (Å²) in [6, 6.07) is 12.0. The summed E-state index contributed by atoms with van der Waals surface area (Å²) in [5.41, 5.74) is 2.82. The van der Waals surface area contributed by atoms with E-state index >= 15 is 0 Å². The Morgan fingerprint density at radius 1 is 1.10 bits per heavy atom. The zero-order valence-corrected chi connectivity index (χ0v) is 13.8. The molecule has 0 radical (unpaired) electrons. The molecule has 0 N–H and O–H groups in total. The Morgan fingerprint density at radius 3 is 2.50 bits per heavy atom. The first-order valence-electron chi connectivity index (χ1n) is 5.99. The SMILES string of the molecule is Cc1c(Cl)nc(-c2sccc2Br)nc1-c1ccccc1. The number of benzene rings is 1. The molecule has 100 valence electrons. The number of hydrogen-bond acceptors (Lipinski definition) is 3. The maximum Gasteiger partial charge on any atom is 0.172 e. The average Bonchev–Trinajstić information content (AvgIpc) is 2.89. The van der Waals surface area contributed by atoms with Gasteiger partial charge in [-0.2, -0.15) is 0 Å². The lowest BCUT2D eigenvalue weighted by molar-refractivity contribution is 1.15. The highest BCUT2D eigenvalue weighted by atomic mass is 79.9. The van der Waals surface area contributed by atoms with Gasteiger partial charge in [-0.3, -0.25) is 0 Å². The lowest BCUT2D eigenvalue weighted by Gasteiger charge is -2.09. The van der Waals surface area contributed by atoms with E-state index in [1.807, 2.05) is 48.7 Å². The minimum atomic E-state index is 0.495. The highest BCUT2D eigenvalue weighted by Gasteiger charge is 2.14. The molecule has 5 heteroatoms. The van der Waals surface area contributed by atoms with E-state index < -0.39 is 0 Å². The number of hydrogen-bond donors (Lipinski definition) is 0. The smallest absolute Gasteiger partial charge is 0.172 e. The summed E-state index contributed by atoms with van der Waals surface area (Å²) in [6.45, 7) is 1.94. The first-order valence-corrected chi connectivity index (χ1v) is 8.05. The van der Waals surface area contributed by atoms with Crippen LogP contribution < -0.4 is 0 Å². The van der Waals surface area contributed by atoms with Gasteiger partial charge in [0.15, 0.2) is 5.82 Å². The summed E-state index contributed by atoms with van der Waals surface area (Å²) in [7, 11) is 0. The van der Waals surface area contributed by atoms with E-state index in [1.54, 1.807) is 11.3 Å². The standard InChI is InChI=1S/C15H10BrClN2S/c1-9-12(10-5-3-2-4-6-10)18-15(19-14(9)17)13-11(16)7-8-20-13/h2-8H,1H3. The second-order valence-corrected chi connectivity index (χ2v) is 6.40. The fourth-order valence-corrected chi connectivity index (χ4v) is 3.57. The van der Waals surface area contributed by atoms with E-state index in [0.29, 0.717) is 11.0 Å². The molecule has 2 nitrogen and oxygen atoms in total. The van der Waals surface area contributed by atoms with Gasteiger partial charge in [-0.05, 0) is 34.3 Å². The summed E-state index contributed by atoms with van der Waals surface area (Å²) in [4.78, 5) is 10.1. The molecule has 3 rings (SSSR count). The molecule has 2 heterocycles. The van der Waals surface area contributed by atoms with Gasteiger partial charge in [-0.1, -0.05) is 41.9 Å². The summed E-state index contributed by atoms with van der Waals surface area (Å²) in [5, 5.41) is 2.49. The van der Waals surface area contributed by atoms with Crippen LogP contribution in [0.25, 0.3) is 22.0 Å². The lowest BCUT2D eigenvalue weighted by Crippen LogP contribution is -1.96. The van der Waals surface area contributed by atoms with Crippen molar-refractivity contribution in [3.05, 3.63) is 57.0 Å². The van der Waals surface area contributed by atoms with Gasteiger partial charge in [0.25, 0.3) is 0 Å². The third kappa shape index (κ3) is 2.51. The largest absolute Gasteiger partial charge is 0.227 e. The number of rotatable bonds is 2. The second-order valence-electron chi connectivity index (χ2n) is 4.28. The summed E-state index contributed by atoms with van der Waals surface area (Å²) in [5.74, 6) is 0.654. The number of thiophene rings is 1. The van der Waals surface area contributed by atoms with Crippen molar-refractivity contribution in [1.82, 2.24) is 9.97 Å². The van der Waals surface area contributed by atoms with Crippen molar-refractivity contribution in [2.45, 2.75) is 6.92 Å². The molecule has 2 aromatic heterocycles. The predicted molar refractivity (Wildman–Crippen MR) is 88.2 cm³/mol. The van der Waals surface area contributed by atoms with Gasteiger partial charge >= 0.3 is 0 Å². The Kier molecular flexibility index (Phi) is 3.87. The van der Waals surface area contributed by atoms with Crippen LogP contribution in [-0.4, -0.2) is 9.97 Å². The quantitative estimate of drug-likeness (QED) is 0.553. The zero-order valence-electron chi connectivity index (χ0n) is 10.6. The van der Waals surface area contributed by atoms with Gasteiger partial charge < -0.3 is 0 Å². The molecule has 0 atom stereocenters. The molecule has 20 heavy (non-hydrogen) atoms. The highest BCUT2D eigenvalue weighted by Crippen LogP contribution is 2.34. The van der Waals surface area contributed by atoms with Gasteiger partial charge in [-0.15, -0.1) is 11.3 Å². The summed E-state index contributed by atoms with van der Waals surface area (Å²) >= 11 is 11.4. The van der Waals surface area contributed by atoms with Crippen LogP contribution in [0.3, 0.4) is 0 Å². The van der Waals surface area contributed by atoms with Crippen molar-refractivity contribution in [3.63, 3.8) is 0 Å². The van der Waals surface area contributed by atoms with Crippen molar-refractivity contribution in [2.75, 3.05) is 0 Å². The Morgan fingerprint density at radius 2 is 1.85 bits per heavy atom. The Balaban J connectivity index is 2.21. The second kappa shape index (κ2) is 5.64. The zero-order chi connectivity index (χ0) is 14.1. The Bertz CT molecular complexity index is 756. The number of aromatic nitrogens is 2. The van der Waals surface area contributed by atoms with Crippen LogP contribution in [-0.2, 0) is 0 Å². The van der Waals surface area contributed by atoms with E-state index in [4.69, 9.17) is 16.6 Å². The van der Waals surface area contributed by atoms with Gasteiger partial charge in [0, 0.05) is 15.6 Å². The topological polar surface area (TPSA) is 25.8 Å². The fraction of sp³-hybridized carbons (Fsp3) is 0.0667. The van der Waals surface area contributed by atoms with Crippen LogP contribution in [0.15, 0.2) is 46.3 Å². The number of nitrogens with zero attached hydrogens (tertiary/aromatic N) is 2. The normalized spacial score (nSPS) is 10.8. The molecule has 0 aliphatic rings. The third-order valence-corrected chi connectivity index (χ3v) is 5.16. The van der Waals surface area contributed by atoms with Gasteiger partial charge in [-0.25, -0.2) is 9.97 Å². The average molecular weight is 366 g/mol. The summed E-state index contributed by atoms with van der Waals surface area (Å²) < 4.78 is 0.987. The molecule has 0 fully saturated rings. The lowest BCUT2D eigenvalue weighted by atomic mass is 10.1. The minimum absolute atomic E-state index is 0.495. The highest BCUT2D eigenvalue weighted by molar-refractivity contribution is 9.10. The van der Waals surface area contributed by atoms with Crippen LogP contribution in [0.2, 0.25) is 5.15 Å². The molecule has 1 aromatic carbocycles. The third-order valence-electron chi connectivity index (χ3n) is 2.95. The Labute approximate surface area is 134 Å². The molecular weight excluding hydrogens is 356 g/mol. The van der Waals surface area contributed by atoms with Crippen LogP contribution in [0.4, 0.5) is 0 Å². The molecular formula is C15H10BrClN2S. The molecule has 0 aliphatic carbocycles. The van der Waals surface area contributed by atoms with Crippen LogP contribution in [0.1, 0.15) is 5.56 Å². The molecule has 0 saturated carbocycles. The van der Waals surface area contributed by atoms with E-state index in [-0.39, 0.29) is 0 Å². The van der Waals surface area contributed by atoms with E-state index in [2.05, 4.69) is 20.9 Å². The Hall–Kier alpha value is -1.23. The maximum atomic E-state index is 6.28. The van der Waals surface area contributed by atoms with E-state index in [9.17, 15) is 0 Å².